The van der Waals surface area contributed by atoms with Crippen molar-refractivity contribution in [3.05, 3.63) is 59.0 Å². The highest BCUT2D eigenvalue weighted by Crippen LogP contribution is 2.26. The van der Waals surface area contributed by atoms with Crippen LogP contribution in [0.15, 0.2) is 42.6 Å². The molecule has 5 heteroatoms. The molecule has 1 aromatic carbocycles. The molecule has 3 rings (SSSR count). The molecule has 0 spiro atoms. The highest BCUT2D eigenvalue weighted by Gasteiger charge is 2.17. The van der Waals surface area contributed by atoms with Gasteiger partial charge < -0.3 is 4.57 Å². The monoisotopic (exact) mass is 319 g/mol. The van der Waals surface area contributed by atoms with E-state index in [2.05, 4.69) is 27.5 Å². The van der Waals surface area contributed by atoms with Gasteiger partial charge in [0, 0.05) is 23.5 Å². The first kappa shape index (κ1) is 14.4. The van der Waals surface area contributed by atoms with Crippen molar-refractivity contribution in [1.29, 1.82) is 0 Å². The topological polar surface area (TPSA) is 30.7 Å². The Labute approximate surface area is 133 Å². The molecule has 0 aliphatic heterocycles. The van der Waals surface area contributed by atoms with Gasteiger partial charge in [0.2, 0.25) is 0 Å². The zero-order valence-electron chi connectivity index (χ0n) is 11.6. The minimum absolute atomic E-state index is 0.0989. The largest absolute Gasteiger partial charge is 0.305 e. The normalized spacial score (nSPS) is 12.7. The molecule has 0 amide bonds. The molecule has 0 aliphatic carbocycles. The van der Waals surface area contributed by atoms with E-state index in [1.54, 1.807) is 6.20 Å². The predicted octanol–water partition coefficient (Wildman–Crippen LogP) is 4.48. The van der Waals surface area contributed by atoms with Crippen LogP contribution in [0.4, 0.5) is 0 Å². The molecule has 1 atom stereocenters. The van der Waals surface area contributed by atoms with E-state index < -0.39 is 0 Å². The molecule has 0 N–H and O–H groups in total. The number of rotatable bonds is 4. The minimum Gasteiger partial charge on any atom is -0.305 e. The predicted molar refractivity (Wildman–Crippen MR) is 87.2 cm³/mol. The summed E-state index contributed by atoms with van der Waals surface area (Å²) in [6.45, 7) is 2.12. The molecule has 0 radical (unpaired) electrons. The molecule has 0 fully saturated rings. The summed E-state index contributed by atoms with van der Waals surface area (Å²) < 4.78 is 2.14. The average Bonchev–Trinajstić information content (AvgIpc) is 2.85. The van der Waals surface area contributed by atoms with Gasteiger partial charge in [-0.1, -0.05) is 23.7 Å². The maximum absolute atomic E-state index is 6.11. The first-order valence-corrected chi connectivity index (χ1v) is 7.75. The van der Waals surface area contributed by atoms with Gasteiger partial charge in [0.05, 0.1) is 6.04 Å². The fourth-order valence-corrected chi connectivity index (χ4v) is 2.93. The molecule has 0 saturated carbocycles. The second-order valence-corrected chi connectivity index (χ2v) is 5.73. The number of benzene rings is 1. The van der Waals surface area contributed by atoms with Crippen molar-refractivity contribution in [2.75, 3.05) is 5.88 Å². The summed E-state index contributed by atoms with van der Waals surface area (Å²) in [5.74, 6) is 1.48. The Morgan fingerprint density at radius 3 is 2.86 bits per heavy atom. The second-order valence-electron chi connectivity index (χ2n) is 4.91. The molecular weight excluding hydrogens is 305 g/mol. The lowest BCUT2D eigenvalue weighted by Crippen LogP contribution is -2.12. The van der Waals surface area contributed by atoms with Crippen LogP contribution < -0.4 is 0 Å². The minimum atomic E-state index is 0.0989. The van der Waals surface area contributed by atoms with Crippen molar-refractivity contribution in [3.8, 4) is 0 Å². The molecule has 0 bridgehead atoms. The van der Waals surface area contributed by atoms with Gasteiger partial charge >= 0.3 is 0 Å². The zero-order chi connectivity index (χ0) is 14.8. The van der Waals surface area contributed by atoms with Crippen molar-refractivity contribution in [2.45, 2.75) is 19.4 Å². The van der Waals surface area contributed by atoms with Gasteiger partial charge in [-0.05, 0) is 36.8 Å². The van der Waals surface area contributed by atoms with E-state index in [0.717, 1.165) is 27.6 Å². The van der Waals surface area contributed by atoms with Crippen molar-refractivity contribution in [1.82, 2.24) is 14.5 Å². The smallest absolute Gasteiger partial charge is 0.160 e. The van der Waals surface area contributed by atoms with Crippen LogP contribution in [-0.2, 0) is 6.42 Å². The standard InChI is InChI=1S/C16H15Cl2N3/c1-11(12-4-2-5-13(18)10-12)21-15(7-8-17)20-14-6-3-9-19-16(14)21/h2-6,9-11H,7-8H2,1H3. The number of alkyl halides is 1. The highest BCUT2D eigenvalue weighted by atomic mass is 35.5. The van der Waals surface area contributed by atoms with Crippen LogP contribution in [0.2, 0.25) is 5.02 Å². The van der Waals surface area contributed by atoms with Crippen LogP contribution >= 0.6 is 23.2 Å². The Hall–Kier alpha value is -1.58. The maximum atomic E-state index is 6.11. The van der Waals surface area contributed by atoms with Crippen molar-refractivity contribution < 1.29 is 0 Å². The Balaban J connectivity index is 2.15. The molecule has 1 unspecified atom stereocenters. The summed E-state index contributed by atoms with van der Waals surface area (Å²) in [5.41, 5.74) is 2.90. The van der Waals surface area contributed by atoms with E-state index >= 15 is 0 Å². The number of aryl methyl sites for hydroxylation is 1. The van der Waals surface area contributed by atoms with Crippen molar-refractivity contribution >= 4 is 34.4 Å². The summed E-state index contributed by atoms with van der Waals surface area (Å²) >= 11 is 12.0. The van der Waals surface area contributed by atoms with E-state index in [-0.39, 0.29) is 6.04 Å². The Bertz CT molecular complexity index is 767. The molecule has 3 nitrogen and oxygen atoms in total. The van der Waals surface area contributed by atoms with Gasteiger partial charge in [-0.15, -0.1) is 11.6 Å². The summed E-state index contributed by atoms with van der Waals surface area (Å²) in [4.78, 5) is 9.13. The molecule has 2 aromatic heterocycles. The molecule has 21 heavy (non-hydrogen) atoms. The van der Waals surface area contributed by atoms with E-state index in [9.17, 15) is 0 Å². The summed E-state index contributed by atoms with van der Waals surface area (Å²) in [5, 5.41) is 0.732. The summed E-state index contributed by atoms with van der Waals surface area (Å²) in [6, 6.07) is 11.8. The van der Waals surface area contributed by atoms with Gasteiger partial charge in [0.1, 0.15) is 11.3 Å². The number of hydrogen-bond acceptors (Lipinski definition) is 2. The van der Waals surface area contributed by atoms with Gasteiger partial charge in [-0.25, -0.2) is 9.97 Å². The summed E-state index contributed by atoms with van der Waals surface area (Å²) in [7, 11) is 0. The van der Waals surface area contributed by atoms with Crippen LogP contribution in [0, 0.1) is 0 Å². The maximum Gasteiger partial charge on any atom is 0.160 e. The SMILES string of the molecule is CC(c1cccc(Cl)c1)n1c(CCCl)nc2cccnc21. The lowest BCUT2D eigenvalue weighted by atomic mass is 10.1. The van der Waals surface area contributed by atoms with Crippen LogP contribution in [-0.4, -0.2) is 20.4 Å². The Kier molecular flexibility index (Phi) is 4.13. The number of fused-ring (bicyclic) bond motifs is 1. The van der Waals surface area contributed by atoms with E-state index in [1.165, 1.54) is 0 Å². The van der Waals surface area contributed by atoms with Crippen LogP contribution in [0.25, 0.3) is 11.2 Å². The van der Waals surface area contributed by atoms with Crippen molar-refractivity contribution in [3.63, 3.8) is 0 Å². The van der Waals surface area contributed by atoms with Gasteiger partial charge in [0.25, 0.3) is 0 Å². The van der Waals surface area contributed by atoms with Crippen LogP contribution in [0.1, 0.15) is 24.4 Å². The lowest BCUT2D eigenvalue weighted by molar-refractivity contribution is 0.619. The van der Waals surface area contributed by atoms with Gasteiger partial charge in [-0.2, -0.15) is 0 Å². The second kappa shape index (κ2) is 6.04. The number of nitrogens with zero attached hydrogens (tertiary/aromatic N) is 3. The van der Waals surface area contributed by atoms with Crippen LogP contribution in [0.5, 0.6) is 0 Å². The Morgan fingerprint density at radius 1 is 1.24 bits per heavy atom. The van der Waals surface area contributed by atoms with E-state index in [1.807, 2.05) is 30.3 Å². The third kappa shape index (κ3) is 2.76. The molecule has 0 saturated heterocycles. The van der Waals surface area contributed by atoms with E-state index in [0.29, 0.717) is 12.3 Å². The van der Waals surface area contributed by atoms with Gasteiger partial charge in [-0.3, -0.25) is 0 Å². The molecule has 0 aliphatic rings. The third-order valence-corrected chi connectivity index (χ3v) is 3.98. The van der Waals surface area contributed by atoms with Crippen molar-refractivity contribution in [2.24, 2.45) is 0 Å². The molecule has 3 aromatic rings. The fourth-order valence-electron chi connectivity index (χ4n) is 2.56. The first-order chi connectivity index (χ1) is 10.2. The number of aromatic nitrogens is 3. The Morgan fingerprint density at radius 2 is 2.10 bits per heavy atom. The summed E-state index contributed by atoms with van der Waals surface area (Å²) in [6.07, 6.45) is 2.50. The number of pyridine rings is 1. The van der Waals surface area contributed by atoms with E-state index in [4.69, 9.17) is 23.2 Å². The quantitative estimate of drug-likeness (QED) is 0.664. The lowest BCUT2D eigenvalue weighted by Gasteiger charge is -2.17. The first-order valence-electron chi connectivity index (χ1n) is 6.84. The number of imidazole rings is 1. The average molecular weight is 320 g/mol. The third-order valence-electron chi connectivity index (χ3n) is 3.56. The zero-order valence-corrected chi connectivity index (χ0v) is 13.1. The number of halogens is 2. The molecule has 108 valence electrons. The molecular formula is C16H15Cl2N3. The van der Waals surface area contributed by atoms with Crippen LogP contribution in [0.3, 0.4) is 0 Å². The van der Waals surface area contributed by atoms with Gasteiger partial charge in [0.15, 0.2) is 5.65 Å². The molecule has 2 heterocycles. The fraction of sp³-hybridized carbons (Fsp3) is 0.250. The number of hydrogen-bond donors (Lipinski definition) is 0. The highest BCUT2D eigenvalue weighted by molar-refractivity contribution is 6.30.